The highest BCUT2D eigenvalue weighted by Gasteiger charge is 2.32. The zero-order chi connectivity index (χ0) is 27.7. The maximum atomic E-state index is 14.7. The lowest BCUT2D eigenvalue weighted by atomic mass is 9.67. The Bertz CT molecular complexity index is 998. The first-order valence-corrected chi connectivity index (χ1v) is 17.5. The fourth-order valence-electron chi connectivity index (χ4n) is 8.74. The van der Waals surface area contributed by atoms with Crippen molar-refractivity contribution in [2.75, 3.05) is 0 Å². The number of aryl methyl sites for hydroxylation is 1. The van der Waals surface area contributed by atoms with Gasteiger partial charge in [-0.3, -0.25) is 0 Å². The standard InChI is InChI=1S/C39H57F/c1-3-5-7-8-29-10-12-30(13-11-29)31-14-16-32(17-15-31)33-18-20-34(21-19-33)35-22-24-36(25-23-35)38-27-26-37(9-6-4-2)39(40)28-38/h14-17,26-30,33-36H,3-13,18-25H2,1-2H3. The molecule has 0 N–H and O–H groups in total. The van der Waals surface area contributed by atoms with Gasteiger partial charge in [0.1, 0.15) is 5.82 Å². The highest BCUT2D eigenvalue weighted by atomic mass is 19.1. The summed E-state index contributed by atoms with van der Waals surface area (Å²) in [4.78, 5) is 0. The Labute approximate surface area is 245 Å². The smallest absolute Gasteiger partial charge is 0.126 e. The van der Waals surface area contributed by atoms with Crippen LogP contribution >= 0.6 is 0 Å². The molecule has 0 heterocycles. The molecule has 0 aliphatic heterocycles. The third-order valence-electron chi connectivity index (χ3n) is 11.5. The molecule has 2 aromatic carbocycles. The molecule has 0 amide bonds. The third kappa shape index (κ3) is 7.80. The van der Waals surface area contributed by atoms with Gasteiger partial charge in [0.05, 0.1) is 0 Å². The van der Waals surface area contributed by atoms with Crippen LogP contribution in [0.5, 0.6) is 0 Å². The highest BCUT2D eigenvalue weighted by Crippen LogP contribution is 2.46. The van der Waals surface area contributed by atoms with E-state index in [2.05, 4.69) is 50.2 Å². The molecular weight excluding hydrogens is 487 g/mol. The van der Waals surface area contributed by atoms with Crippen LogP contribution in [0.4, 0.5) is 4.39 Å². The Morgan fingerprint density at radius 3 is 1.52 bits per heavy atom. The first-order chi connectivity index (χ1) is 19.6. The van der Waals surface area contributed by atoms with Gasteiger partial charge in [-0.1, -0.05) is 82.3 Å². The zero-order valence-corrected chi connectivity index (χ0v) is 25.8. The quantitative estimate of drug-likeness (QED) is 0.247. The van der Waals surface area contributed by atoms with E-state index in [4.69, 9.17) is 0 Å². The van der Waals surface area contributed by atoms with Crippen LogP contribution in [0.2, 0.25) is 0 Å². The molecule has 40 heavy (non-hydrogen) atoms. The maximum Gasteiger partial charge on any atom is 0.126 e. The minimum atomic E-state index is 0.0320. The van der Waals surface area contributed by atoms with Crippen LogP contribution in [-0.2, 0) is 6.42 Å². The minimum Gasteiger partial charge on any atom is -0.207 e. The van der Waals surface area contributed by atoms with Gasteiger partial charge < -0.3 is 0 Å². The minimum absolute atomic E-state index is 0.0320. The van der Waals surface area contributed by atoms with Gasteiger partial charge in [-0.2, -0.15) is 0 Å². The second-order valence-corrected chi connectivity index (χ2v) is 14.1. The largest absolute Gasteiger partial charge is 0.207 e. The normalized spacial score (nSPS) is 29.4. The molecule has 0 atom stereocenters. The van der Waals surface area contributed by atoms with E-state index in [1.54, 1.807) is 11.1 Å². The van der Waals surface area contributed by atoms with Gasteiger partial charge in [-0.15, -0.1) is 0 Å². The predicted molar refractivity (Wildman–Crippen MR) is 170 cm³/mol. The van der Waals surface area contributed by atoms with Crippen molar-refractivity contribution in [3.63, 3.8) is 0 Å². The molecule has 220 valence electrons. The molecule has 2 aromatic rings. The fraction of sp³-hybridized carbons (Fsp3) is 0.692. The highest BCUT2D eigenvalue weighted by molar-refractivity contribution is 5.29. The number of halogens is 1. The van der Waals surface area contributed by atoms with Gasteiger partial charge in [-0.25, -0.2) is 4.39 Å². The summed E-state index contributed by atoms with van der Waals surface area (Å²) in [5, 5.41) is 0. The number of hydrogen-bond acceptors (Lipinski definition) is 0. The molecule has 3 aliphatic carbocycles. The number of benzene rings is 2. The van der Waals surface area contributed by atoms with Crippen molar-refractivity contribution in [1.82, 2.24) is 0 Å². The molecule has 3 aliphatic rings. The summed E-state index contributed by atoms with van der Waals surface area (Å²) < 4.78 is 14.7. The van der Waals surface area contributed by atoms with E-state index in [1.807, 2.05) is 6.07 Å². The fourth-order valence-corrected chi connectivity index (χ4v) is 8.74. The summed E-state index contributed by atoms with van der Waals surface area (Å²) in [6.45, 7) is 4.49. The van der Waals surface area contributed by atoms with Crippen molar-refractivity contribution >= 4 is 0 Å². The molecule has 0 nitrogen and oxygen atoms in total. The molecule has 0 spiro atoms. The maximum absolute atomic E-state index is 14.7. The van der Waals surface area contributed by atoms with Crippen LogP contribution in [0.25, 0.3) is 0 Å². The lowest BCUT2D eigenvalue weighted by molar-refractivity contribution is 0.177. The van der Waals surface area contributed by atoms with Gasteiger partial charge in [0.25, 0.3) is 0 Å². The van der Waals surface area contributed by atoms with Crippen molar-refractivity contribution in [2.45, 2.75) is 154 Å². The molecule has 0 saturated heterocycles. The van der Waals surface area contributed by atoms with Crippen molar-refractivity contribution in [3.8, 4) is 0 Å². The summed E-state index contributed by atoms with van der Waals surface area (Å²) in [5.41, 5.74) is 5.37. The number of rotatable bonds is 11. The Morgan fingerprint density at radius 1 is 0.550 bits per heavy atom. The van der Waals surface area contributed by atoms with E-state index in [-0.39, 0.29) is 5.82 Å². The second kappa shape index (κ2) is 15.0. The molecule has 5 rings (SSSR count). The lowest BCUT2D eigenvalue weighted by Gasteiger charge is -2.38. The van der Waals surface area contributed by atoms with E-state index in [1.165, 1.54) is 108 Å². The first kappa shape index (κ1) is 29.8. The van der Waals surface area contributed by atoms with Crippen LogP contribution in [0, 0.1) is 23.6 Å². The van der Waals surface area contributed by atoms with E-state index in [0.717, 1.165) is 54.4 Å². The van der Waals surface area contributed by atoms with E-state index in [0.29, 0.717) is 5.92 Å². The molecule has 1 heteroatoms. The van der Waals surface area contributed by atoms with Gasteiger partial charge in [-0.05, 0) is 154 Å². The summed E-state index contributed by atoms with van der Waals surface area (Å²) >= 11 is 0. The van der Waals surface area contributed by atoms with Crippen LogP contribution in [0.15, 0.2) is 42.5 Å². The predicted octanol–water partition coefficient (Wildman–Crippen LogP) is 12.3. The number of unbranched alkanes of at least 4 members (excludes halogenated alkanes) is 3. The molecule has 0 aromatic heterocycles. The van der Waals surface area contributed by atoms with Gasteiger partial charge >= 0.3 is 0 Å². The summed E-state index contributed by atoms with van der Waals surface area (Å²) in [5.74, 6) is 4.98. The molecule has 0 unspecified atom stereocenters. The Morgan fingerprint density at radius 2 is 1.02 bits per heavy atom. The zero-order valence-electron chi connectivity index (χ0n) is 25.8. The monoisotopic (exact) mass is 544 g/mol. The SMILES string of the molecule is CCCCCC1CCC(c2ccc(C3CCC(C4CCC(c5ccc(CCCC)c(F)c5)CC4)CC3)cc2)CC1. The Kier molecular flexibility index (Phi) is 11.2. The molecule has 0 radical (unpaired) electrons. The van der Waals surface area contributed by atoms with Gasteiger partial charge in [0, 0.05) is 0 Å². The average molecular weight is 545 g/mol. The van der Waals surface area contributed by atoms with Gasteiger partial charge in [0.15, 0.2) is 0 Å². The number of hydrogen-bond donors (Lipinski definition) is 0. The van der Waals surface area contributed by atoms with Crippen molar-refractivity contribution in [3.05, 3.63) is 70.5 Å². The van der Waals surface area contributed by atoms with Crippen molar-refractivity contribution in [2.24, 2.45) is 17.8 Å². The van der Waals surface area contributed by atoms with E-state index >= 15 is 0 Å². The van der Waals surface area contributed by atoms with Crippen molar-refractivity contribution < 1.29 is 4.39 Å². The van der Waals surface area contributed by atoms with Gasteiger partial charge in [0.2, 0.25) is 0 Å². The first-order valence-electron chi connectivity index (χ1n) is 17.5. The van der Waals surface area contributed by atoms with Crippen LogP contribution in [-0.4, -0.2) is 0 Å². The van der Waals surface area contributed by atoms with E-state index < -0.39 is 0 Å². The average Bonchev–Trinajstić information content (AvgIpc) is 3.01. The Hall–Kier alpha value is -1.63. The summed E-state index contributed by atoms with van der Waals surface area (Å²) in [7, 11) is 0. The van der Waals surface area contributed by atoms with Crippen LogP contribution in [0.1, 0.15) is 169 Å². The molecular formula is C39H57F. The van der Waals surface area contributed by atoms with Crippen LogP contribution in [0.3, 0.4) is 0 Å². The summed E-state index contributed by atoms with van der Waals surface area (Å²) in [6, 6.07) is 16.1. The lowest BCUT2D eigenvalue weighted by Crippen LogP contribution is -2.25. The van der Waals surface area contributed by atoms with E-state index in [9.17, 15) is 4.39 Å². The molecule has 0 bridgehead atoms. The summed E-state index contributed by atoms with van der Waals surface area (Å²) in [6.07, 6.45) is 25.2. The third-order valence-corrected chi connectivity index (χ3v) is 11.5. The second-order valence-electron chi connectivity index (χ2n) is 14.1. The Balaban J connectivity index is 1.04. The van der Waals surface area contributed by atoms with Crippen molar-refractivity contribution in [1.29, 1.82) is 0 Å². The topological polar surface area (TPSA) is 0 Å². The molecule has 3 saturated carbocycles. The van der Waals surface area contributed by atoms with Crippen LogP contribution < -0.4 is 0 Å². The molecule has 3 fully saturated rings.